The predicted octanol–water partition coefficient (Wildman–Crippen LogP) is 4.13. The van der Waals surface area contributed by atoms with Gasteiger partial charge >= 0.3 is 0 Å². The maximum Gasteiger partial charge on any atom is 0.238 e. The molecule has 1 N–H and O–H groups in total. The summed E-state index contributed by atoms with van der Waals surface area (Å²) in [5.41, 5.74) is 1.77. The summed E-state index contributed by atoms with van der Waals surface area (Å²) < 4.78 is 11.3. The second kappa shape index (κ2) is 8.43. The van der Waals surface area contributed by atoms with E-state index in [1.54, 1.807) is 6.07 Å². The Hall–Kier alpha value is -2.24. The Morgan fingerprint density at radius 2 is 1.96 bits per heavy atom. The van der Waals surface area contributed by atoms with Crippen molar-refractivity contribution in [2.75, 3.05) is 32.1 Å². The molecule has 1 unspecified atom stereocenters. The molecule has 1 aliphatic heterocycles. The van der Waals surface area contributed by atoms with Crippen molar-refractivity contribution in [1.29, 1.82) is 0 Å². The molecule has 0 aliphatic carbocycles. The third-order valence-corrected chi connectivity index (χ3v) is 4.65. The van der Waals surface area contributed by atoms with Crippen molar-refractivity contribution in [2.24, 2.45) is 0 Å². The number of nitrogens with zero attached hydrogens (tertiary/aromatic N) is 1. The third kappa shape index (κ3) is 4.68. The first-order valence-electron chi connectivity index (χ1n) is 8.68. The van der Waals surface area contributed by atoms with E-state index in [-0.39, 0.29) is 18.5 Å². The zero-order valence-electron chi connectivity index (χ0n) is 15.0. The zero-order valence-corrected chi connectivity index (χ0v) is 15.8. The molecule has 2 aromatic carbocycles. The lowest BCUT2D eigenvalue weighted by Crippen LogP contribution is -2.32. The second-order valence-electron chi connectivity index (χ2n) is 6.41. The van der Waals surface area contributed by atoms with Gasteiger partial charge in [0.15, 0.2) is 11.5 Å². The Bertz CT molecular complexity index is 781. The monoisotopic (exact) mass is 374 g/mol. The summed E-state index contributed by atoms with van der Waals surface area (Å²) in [5.74, 6) is 1.30. The van der Waals surface area contributed by atoms with Gasteiger partial charge in [0.1, 0.15) is 0 Å². The van der Waals surface area contributed by atoms with Crippen LogP contribution in [0.3, 0.4) is 0 Å². The number of amides is 1. The van der Waals surface area contributed by atoms with Crippen molar-refractivity contribution in [1.82, 2.24) is 4.90 Å². The Balaban J connectivity index is 1.60. The fraction of sp³-hybridized carbons (Fsp3) is 0.350. The Kier molecular flexibility index (Phi) is 6.01. The van der Waals surface area contributed by atoms with Gasteiger partial charge in [-0.15, -0.1) is 0 Å². The summed E-state index contributed by atoms with van der Waals surface area (Å²) >= 11 is 6.06. The molecule has 1 amide bonds. The first kappa shape index (κ1) is 18.5. The van der Waals surface area contributed by atoms with Crippen LogP contribution in [0.5, 0.6) is 11.5 Å². The average Bonchev–Trinajstić information content (AvgIpc) is 2.85. The Morgan fingerprint density at radius 1 is 1.19 bits per heavy atom. The van der Waals surface area contributed by atoms with Crippen LogP contribution in [0.15, 0.2) is 42.5 Å². The summed E-state index contributed by atoms with van der Waals surface area (Å²) in [4.78, 5) is 14.4. The van der Waals surface area contributed by atoms with Crippen LogP contribution in [0, 0.1) is 0 Å². The van der Waals surface area contributed by atoms with E-state index in [4.69, 9.17) is 21.1 Å². The first-order chi connectivity index (χ1) is 12.5. The summed E-state index contributed by atoms with van der Waals surface area (Å²) in [7, 11) is 1.92. The fourth-order valence-corrected chi connectivity index (χ4v) is 3.02. The van der Waals surface area contributed by atoms with Gasteiger partial charge in [0, 0.05) is 29.2 Å². The third-order valence-electron chi connectivity index (χ3n) is 4.42. The summed E-state index contributed by atoms with van der Waals surface area (Å²) in [5, 5.41) is 3.61. The van der Waals surface area contributed by atoms with E-state index in [0.717, 1.165) is 12.0 Å². The van der Waals surface area contributed by atoms with E-state index in [9.17, 15) is 4.79 Å². The summed E-state index contributed by atoms with van der Waals surface area (Å²) in [6.45, 7) is 3.57. The van der Waals surface area contributed by atoms with E-state index in [0.29, 0.717) is 35.4 Å². The molecule has 2 aromatic rings. The molecule has 1 heterocycles. The maximum absolute atomic E-state index is 12.4. The number of hydrogen-bond donors (Lipinski definition) is 1. The number of hydrogen-bond acceptors (Lipinski definition) is 4. The number of ether oxygens (including phenoxy) is 2. The van der Waals surface area contributed by atoms with E-state index < -0.39 is 0 Å². The highest BCUT2D eigenvalue weighted by Gasteiger charge is 2.16. The normalized spacial score (nSPS) is 14.6. The highest BCUT2D eigenvalue weighted by atomic mass is 35.5. The molecule has 0 radical (unpaired) electrons. The molecule has 26 heavy (non-hydrogen) atoms. The second-order valence-corrected chi connectivity index (χ2v) is 6.84. The van der Waals surface area contributed by atoms with Crippen molar-refractivity contribution in [3.05, 3.63) is 53.1 Å². The number of halogens is 1. The van der Waals surface area contributed by atoms with E-state index in [2.05, 4.69) is 5.32 Å². The predicted molar refractivity (Wildman–Crippen MR) is 103 cm³/mol. The largest absolute Gasteiger partial charge is 0.490 e. The molecule has 1 aliphatic rings. The SMILES string of the molecule is CC(c1cccc(Cl)c1)N(C)CC(=O)Nc1ccc2c(c1)OCCCO2. The van der Waals surface area contributed by atoms with Gasteiger partial charge in [0.25, 0.3) is 0 Å². The molecular weight excluding hydrogens is 352 g/mol. The number of nitrogens with one attached hydrogen (secondary N) is 1. The van der Waals surface area contributed by atoms with Crippen molar-refractivity contribution in [3.63, 3.8) is 0 Å². The first-order valence-corrected chi connectivity index (χ1v) is 9.06. The molecule has 0 bridgehead atoms. The van der Waals surface area contributed by atoms with Crippen molar-refractivity contribution in [2.45, 2.75) is 19.4 Å². The van der Waals surface area contributed by atoms with E-state index >= 15 is 0 Å². The number of carbonyl (C=O) groups excluding carboxylic acids is 1. The number of likely N-dealkylation sites (N-methyl/N-ethyl adjacent to an activating group) is 1. The topological polar surface area (TPSA) is 50.8 Å². The van der Waals surface area contributed by atoms with Crippen LogP contribution in [0.2, 0.25) is 5.02 Å². The lowest BCUT2D eigenvalue weighted by molar-refractivity contribution is -0.117. The van der Waals surface area contributed by atoms with Gasteiger partial charge in [-0.25, -0.2) is 0 Å². The van der Waals surface area contributed by atoms with E-state index in [1.165, 1.54) is 0 Å². The number of rotatable bonds is 5. The minimum atomic E-state index is -0.0872. The van der Waals surface area contributed by atoms with Gasteiger partial charge in [-0.1, -0.05) is 23.7 Å². The van der Waals surface area contributed by atoms with Crippen molar-refractivity contribution < 1.29 is 14.3 Å². The molecule has 0 aromatic heterocycles. The summed E-state index contributed by atoms with van der Waals surface area (Å²) in [6, 6.07) is 13.2. The Labute approximate surface area is 158 Å². The molecule has 1 atom stereocenters. The van der Waals surface area contributed by atoms with Gasteiger partial charge in [-0.3, -0.25) is 9.69 Å². The quantitative estimate of drug-likeness (QED) is 0.854. The Morgan fingerprint density at radius 3 is 2.73 bits per heavy atom. The average molecular weight is 375 g/mol. The van der Waals surface area contributed by atoms with Gasteiger partial charge in [-0.2, -0.15) is 0 Å². The fourth-order valence-electron chi connectivity index (χ4n) is 2.83. The van der Waals surface area contributed by atoms with Crippen LogP contribution < -0.4 is 14.8 Å². The van der Waals surface area contributed by atoms with Crippen LogP contribution in [0.4, 0.5) is 5.69 Å². The smallest absolute Gasteiger partial charge is 0.238 e. The minimum Gasteiger partial charge on any atom is -0.490 e. The highest BCUT2D eigenvalue weighted by molar-refractivity contribution is 6.30. The van der Waals surface area contributed by atoms with Crippen LogP contribution in [-0.4, -0.2) is 37.6 Å². The van der Waals surface area contributed by atoms with Gasteiger partial charge in [-0.05, 0) is 43.8 Å². The van der Waals surface area contributed by atoms with Crippen LogP contribution in [-0.2, 0) is 4.79 Å². The van der Waals surface area contributed by atoms with Crippen molar-refractivity contribution >= 4 is 23.2 Å². The number of fused-ring (bicyclic) bond motifs is 1. The van der Waals surface area contributed by atoms with Gasteiger partial charge in [0.2, 0.25) is 5.91 Å². The maximum atomic E-state index is 12.4. The molecule has 3 rings (SSSR count). The van der Waals surface area contributed by atoms with Crippen LogP contribution >= 0.6 is 11.6 Å². The molecule has 0 saturated heterocycles. The van der Waals surface area contributed by atoms with Crippen LogP contribution in [0.1, 0.15) is 24.9 Å². The summed E-state index contributed by atoms with van der Waals surface area (Å²) in [6.07, 6.45) is 0.850. The number of anilines is 1. The molecule has 6 heteroatoms. The lowest BCUT2D eigenvalue weighted by atomic mass is 10.1. The van der Waals surface area contributed by atoms with Crippen molar-refractivity contribution in [3.8, 4) is 11.5 Å². The van der Waals surface area contributed by atoms with Gasteiger partial charge < -0.3 is 14.8 Å². The van der Waals surface area contributed by atoms with E-state index in [1.807, 2.05) is 55.3 Å². The molecule has 0 fully saturated rings. The zero-order chi connectivity index (χ0) is 18.5. The molecule has 0 spiro atoms. The van der Waals surface area contributed by atoms with Crippen LogP contribution in [0.25, 0.3) is 0 Å². The molecule has 138 valence electrons. The number of carbonyl (C=O) groups is 1. The lowest BCUT2D eigenvalue weighted by Gasteiger charge is -2.24. The van der Waals surface area contributed by atoms with Gasteiger partial charge in [0.05, 0.1) is 19.8 Å². The molecular formula is C20H23ClN2O3. The molecule has 0 saturated carbocycles. The standard InChI is InChI=1S/C20H23ClN2O3/c1-14(15-5-3-6-16(21)11-15)23(2)13-20(24)22-17-7-8-18-19(12-17)26-10-4-9-25-18/h3,5-8,11-12,14H,4,9-10,13H2,1-2H3,(H,22,24). The number of benzene rings is 2. The highest BCUT2D eigenvalue weighted by Crippen LogP contribution is 2.32. The minimum absolute atomic E-state index is 0.0724. The molecule has 5 nitrogen and oxygen atoms in total.